The van der Waals surface area contributed by atoms with Gasteiger partial charge in [-0.3, -0.25) is 0 Å². The topological polar surface area (TPSA) is 61.7 Å². The van der Waals surface area contributed by atoms with Crippen molar-refractivity contribution in [3.63, 3.8) is 0 Å². The van der Waals surface area contributed by atoms with Crippen molar-refractivity contribution in [2.75, 3.05) is 26.4 Å². The number of nitrogens with one attached hydrogen (secondary N) is 1. The van der Waals surface area contributed by atoms with Crippen LogP contribution in [0.1, 0.15) is 46.5 Å². The number of hydrogen-bond donors (Lipinski definition) is 3. The molecule has 0 spiro atoms. The summed E-state index contributed by atoms with van der Waals surface area (Å²) in [5, 5.41) is 22.9. The highest BCUT2D eigenvalue weighted by Gasteiger charge is 2.34. The Hall–Kier alpha value is -0.160. The van der Waals surface area contributed by atoms with Crippen molar-refractivity contribution in [3.8, 4) is 0 Å². The first-order valence-corrected chi connectivity index (χ1v) is 7.59. The second-order valence-corrected chi connectivity index (χ2v) is 6.61. The van der Waals surface area contributed by atoms with Crippen LogP contribution in [0.15, 0.2) is 0 Å². The first kappa shape index (κ1) is 16.9. The van der Waals surface area contributed by atoms with Crippen molar-refractivity contribution in [2.45, 2.75) is 58.1 Å². The van der Waals surface area contributed by atoms with E-state index in [0.717, 1.165) is 19.3 Å². The molecule has 0 aromatic heterocycles. The third kappa shape index (κ3) is 6.21. The van der Waals surface area contributed by atoms with E-state index in [-0.39, 0.29) is 12.1 Å². The summed E-state index contributed by atoms with van der Waals surface area (Å²) in [7, 11) is 0. The van der Waals surface area contributed by atoms with E-state index >= 15 is 0 Å². The Labute approximate surface area is 117 Å². The van der Waals surface area contributed by atoms with Crippen molar-refractivity contribution in [1.82, 2.24) is 5.32 Å². The maximum absolute atomic E-state index is 9.90. The van der Waals surface area contributed by atoms with Crippen LogP contribution in [-0.2, 0) is 4.74 Å². The molecule has 0 aromatic carbocycles. The summed E-state index contributed by atoms with van der Waals surface area (Å²) in [6.45, 7) is 8.10. The molecule has 19 heavy (non-hydrogen) atoms. The second-order valence-electron chi connectivity index (χ2n) is 6.61. The highest BCUT2D eigenvalue weighted by Crippen LogP contribution is 2.31. The fourth-order valence-electron chi connectivity index (χ4n) is 2.85. The molecule has 3 atom stereocenters. The standard InChI is InChI=1S/C15H31NO3/c1-12(2)9-19-10-14(18)8-16-15(11-17)6-4-5-13(3)7-15/h12-14,16-18H,4-11H2,1-3H3. The van der Waals surface area contributed by atoms with Gasteiger partial charge in [0.2, 0.25) is 0 Å². The molecule has 0 bridgehead atoms. The minimum Gasteiger partial charge on any atom is -0.394 e. The number of ether oxygens (including phenoxy) is 1. The van der Waals surface area contributed by atoms with Gasteiger partial charge in [0.05, 0.1) is 19.3 Å². The van der Waals surface area contributed by atoms with Crippen LogP contribution in [0.5, 0.6) is 0 Å². The molecule has 3 unspecified atom stereocenters. The molecule has 1 saturated carbocycles. The summed E-state index contributed by atoms with van der Waals surface area (Å²) >= 11 is 0. The smallest absolute Gasteiger partial charge is 0.0897 e. The van der Waals surface area contributed by atoms with Crippen molar-refractivity contribution in [2.24, 2.45) is 11.8 Å². The van der Waals surface area contributed by atoms with E-state index in [0.29, 0.717) is 31.6 Å². The van der Waals surface area contributed by atoms with Crippen LogP contribution in [0, 0.1) is 11.8 Å². The van der Waals surface area contributed by atoms with Gasteiger partial charge in [-0.15, -0.1) is 0 Å². The highest BCUT2D eigenvalue weighted by molar-refractivity contribution is 4.92. The molecule has 0 heterocycles. The van der Waals surface area contributed by atoms with Gasteiger partial charge in [0.1, 0.15) is 0 Å². The van der Waals surface area contributed by atoms with E-state index in [1.165, 1.54) is 6.42 Å². The number of rotatable bonds is 8. The molecule has 1 aliphatic rings. The van der Waals surface area contributed by atoms with Crippen molar-refractivity contribution in [3.05, 3.63) is 0 Å². The monoisotopic (exact) mass is 273 g/mol. The third-order valence-corrected chi connectivity index (χ3v) is 3.87. The fraction of sp³-hybridized carbons (Fsp3) is 1.00. The van der Waals surface area contributed by atoms with Crippen molar-refractivity contribution in [1.29, 1.82) is 0 Å². The lowest BCUT2D eigenvalue weighted by molar-refractivity contribution is 0.0145. The normalized spacial score (nSPS) is 29.7. The van der Waals surface area contributed by atoms with Crippen LogP contribution in [0.3, 0.4) is 0 Å². The predicted molar refractivity (Wildman–Crippen MR) is 77.1 cm³/mol. The van der Waals surface area contributed by atoms with Crippen LogP contribution < -0.4 is 5.32 Å². The molecular weight excluding hydrogens is 242 g/mol. The first-order valence-electron chi connectivity index (χ1n) is 7.59. The summed E-state index contributed by atoms with van der Waals surface area (Å²) in [5.74, 6) is 1.13. The molecule has 0 saturated heterocycles. The molecule has 0 aromatic rings. The van der Waals surface area contributed by atoms with E-state index in [4.69, 9.17) is 4.74 Å². The fourth-order valence-corrected chi connectivity index (χ4v) is 2.85. The Morgan fingerprint density at radius 2 is 2.11 bits per heavy atom. The zero-order chi connectivity index (χ0) is 14.3. The lowest BCUT2D eigenvalue weighted by Gasteiger charge is -2.40. The number of aliphatic hydroxyl groups is 2. The average molecular weight is 273 g/mol. The maximum atomic E-state index is 9.90. The van der Waals surface area contributed by atoms with E-state index in [2.05, 4.69) is 26.1 Å². The number of β-amino-alcohol motifs (C(OH)–C–C–N with tert-alkyl or cyclic N) is 1. The van der Waals surface area contributed by atoms with E-state index in [1.54, 1.807) is 0 Å². The highest BCUT2D eigenvalue weighted by atomic mass is 16.5. The van der Waals surface area contributed by atoms with Crippen molar-refractivity contribution < 1.29 is 14.9 Å². The summed E-state index contributed by atoms with van der Waals surface area (Å²) in [5.41, 5.74) is -0.198. The van der Waals surface area contributed by atoms with E-state index < -0.39 is 6.10 Å². The van der Waals surface area contributed by atoms with Gasteiger partial charge < -0.3 is 20.3 Å². The average Bonchev–Trinajstić information content (AvgIpc) is 2.36. The number of aliphatic hydroxyl groups excluding tert-OH is 2. The van der Waals surface area contributed by atoms with Crippen LogP contribution >= 0.6 is 0 Å². The molecule has 0 radical (unpaired) electrons. The van der Waals surface area contributed by atoms with Gasteiger partial charge in [0, 0.05) is 18.7 Å². The Morgan fingerprint density at radius 3 is 2.68 bits per heavy atom. The Morgan fingerprint density at radius 1 is 1.37 bits per heavy atom. The SMILES string of the molecule is CC(C)COCC(O)CNC1(CO)CCCC(C)C1. The molecule has 114 valence electrons. The Bertz CT molecular complexity index is 248. The van der Waals surface area contributed by atoms with Gasteiger partial charge in [-0.05, 0) is 24.7 Å². The quantitative estimate of drug-likeness (QED) is 0.628. The Kier molecular flexibility index (Phi) is 7.29. The minimum atomic E-state index is -0.501. The summed E-state index contributed by atoms with van der Waals surface area (Å²) in [6, 6.07) is 0. The zero-order valence-corrected chi connectivity index (χ0v) is 12.7. The van der Waals surface area contributed by atoms with E-state index in [9.17, 15) is 10.2 Å². The van der Waals surface area contributed by atoms with Crippen LogP contribution in [0.4, 0.5) is 0 Å². The lowest BCUT2D eigenvalue weighted by Crippen LogP contribution is -2.54. The molecule has 4 heteroatoms. The Balaban J connectivity index is 2.28. The van der Waals surface area contributed by atoms with Gasteiger partial charge in [0.15, 0.2) is 0 Å². The van der Waals surface area contributed by atoms with Crippen molar-refractivity contribution >= 4 is 0 Å². The molecule has 3 N–H and O–H groups in total. The third-order valence-electron chi connectivity index (χ3n) is 3.87. The van der Waals surface area contributed by atoms with Crippen LogP contribution in [0.2, 0.25) is 0 Å². The summed E-state index contributed by atoms with van der Waals surface area (Å²) in [4.78, 5) is 0. The maximum Gasteiger partial charge on any atom is 0.0897 e. The molecule has 4 nitrogen and oxygen atoms in total. The summed E-state index contributed by atoms with van der Waals surface area (Å²) in [6.07, 6.45) is 3.87. The minimum absolute atomic E-state index is 0.150. The van der Waals surface area contributed by atoms with Gasteiger partial charge >= 0.3 is 0 Å². The molecule has 1 fully saturated rings. The molecule has 0 amide bonds. The largest absolute Gasteiger partial charge is 0.394 e. The lowest BCUT2D eigenvalue weighted by atomic mass is 9.77. The van der Waals surface area contributed by atoms with Gasteiger partial charge in [-0.2, -0.15) is 0 Å². The van der Waals surface area contributed by atoms with Gasteiger partial charge in [0.25, 0.3) is 0 Å². The molecular formula is C15H31NO3. The number of hydrogen-bond acceptors (Lipinski definition) is 4. The second kappa shape index (κ2) is 8.20. The van der Waals surface area contributed by atoms with Crippen LogP contribution in [-0.4, -0.2) is 48.2 Å². The molecule has 0 aliphatic heterocycles. The molecule has 1 aliphatic carbocycles. The first-order chi connectivity index (χ1) is 8.97. The predicted octanol–water partition coefficient (Wildman–Crippen LogP) is 1.55. The molecule has 1 rings (SSSR count). The zero-order valence-electron chi connectivity index (χ0n) is 12.7. The van der Waals surface area contributed by atoms with E-state index in [1.807, 2.05) is 0 Å². The van der Waals surface area contributed by atoms with Gasteiger partial charge in [-0.25, -0.2) is 0 Å². The summed E-state index contributed by atoms with van der Waals surface area (Å²) < 4.78 is 5.43. The van der Waals surface area contributed by atoms with Crippen LogP contribution in [0.25, 0.3) is 0 Å². The van der Waals surface area contributed by atoms with Gasteiger partial charge in [-0.1, -0.05) is 33.6 Å².